The van der Waals surface area contributed by atoms with Gasteiger partial charge < -0.3 is 9.84 Å². The molecule has 4 nitrogen and oxygen atoms in total. The summed E-state index contributed by atoms with van der Waals surface area (Å²) < 4.78 is 7.09. The molecule has 0 spiro atoms. The van der Waals surface area contributed by atoms with Gasteiger partial charge in [0.05, 0.1) is 13.3 Å². The summed E-state index contributed by atoms with van der Waals surface area (Å²) in [6, 6.07) is 0. The largest absolute Gasteiger partial charge is 0.493 e. The van der Waals surface area contributed by atoms with Gasteiger partial charge in [0.15, 0.2) is 5.75 Å². The predicted octanol–water partition coefficient (Wildman–Crippen LogP) is 2.84. The molecule has 0 saturated carbocycles. The SMILES string of the molecule is CCn1ncc(OC)c1C(O)CC1=CCCCC1. The number of allylic oxidation sites excluding steroid dienone is 1. The first-order valence-corrected chi connectivity index (χ1v) is 6.72. The number of aliphatic hydroxyl groups is 1. The van der Waals surface area contributed by atoms with Crippen molar-refractivity contribution in [3.63, 3.8) is 0 Å². The van der Waals surface area contributed by atoms with E-state index in [2.05, 4.69) is 11.2 Å². The molecule has 0 radical (unpaired) electrons. The van der Waals surface area contributed by atoms with E-state index >= 15 is 0 Å². The van der Waals surface area contributed by atoms with Crippen molar-refractivity contribution < 1.29 is 9.84 Å². The Hall–Kier alpha value is -1.29. The molecule has 1 heterocycles. The molecule has 1 N–H and O–H groups in total. The Morgan fingerprint density at radius 3 is 2.94 bits per heavy atom. The molecule has 1 aliphatic carbocycles. The summed E-state index contributed by atoms with van der Waals surface area (Å²) in [5.74, 6) is 0.681. The Morgan fingerprint density at radius 2 is 2.33 bits per heavy atom. The van der Waals surface area contributed by atoms with E-state index in [1.165, 1.54) is 18.4 Å². The van der Waals surface area contributed by atoms with Crippen molar-refractivity contribution in [2.24, 2.45) is 0 Å². The Kier molecular flexibility index (Phi) is 4.42. The fourth-order valence-electron chi connectivity index (χ4n) is 2.56. The van der Waals surface area contributed by atoms with E-state index in [-0.39, 0.29) is 0 Å². The van der Waals surface area contributed by atoms with E-state index < -0.39 is 6.10 Å². The molecular formula is C14H22N2O2. The second kappa shape index (κ2) is 6.05. The van der Waals surface area contributed by atoms with Gasteiger partial charge in [0.2, 0.25) is 0 Å². The van der Waals surface area contributed by atoms with Crippen molar-refractivity contribution in [3.8, 4) is 5.75 Å². The number of rotatable bonds is 5. The molecule has 2 rings (SSSR count). The standard InChI is InChI=1S/C14H22N2O2/c1-3-16-14(13(18-2)10-15-16)12(17)9-11-7-5-4-6-8-11/h7,10,12,17H,3-6,8-9H2,1-2H3. The second-order valence-corrected chi connectivity index (χ2v) is 4.74. The first-order valence-electron chi connectivity index (χ1n) is 6.72. The average Bonchev–Trinajstić information content (AvgIpc) is 2.82. The number of hydrogen-bond acceptors (Lipinski definition) is 3. The van der Waals surface area contributed by atoms with Crippen LogP contribution in [0.4, 0.5) is 0 Å². The molecule has 0 aliphatic heterocycles. The van der Waals surface area contributed by atoms with Crippen molar-refractivity contribution in [1.82, 2.24) is 9.78 Å². The number of aryl methyl sites for hydroxylation is 1. The van der Waals surface area contributed by atoms with Gasteiger partial charge in [0.25, 0.3) is 0 Å². The molecule has 0 saturated heterocycles. The van der Waals surface area contributed by atoms with Crippen LogP contribution in [0.1, 0.15) is 50.8 Å². The number of aromatic nitrogens is 2. The quantitative estimate of drug-likeness (QED) is 0.817. The lowest BCUT2D eigenvalue weighted by Gasteiger charge is -2.18. The van der Waals surface area contributed by atoms with Gasteiger partial charge in [-0.25, -0.2) is 0 Å². The van der Waals surface area contributed by atoms with Crippen molar-refractivity contribution >= 4 is 0 Å². The van der Waals surface area contributed by atoms with E-state index in [4.69, 9.17) is 4.74 Å². The number of ether oxygens (including phenoxy) is 1. The minimum atomic E-state index is -0.522. The van der Waals surface area contributed by atoms with Gasteiger partial charge in [-0.3, -0.25) is 4.68 Å². The van der Waals surface area contributed by atoms with Crippen LogP contribution in [0.15, 0.2) is 17.8 Å². The first kappa shape index (κ1) is 13.1. The van der Waals surface area contributed by atoms with Crippen LogP contribution in [0, 0.1) is 0 Å². The summed E-state index contributed by atoms with van der Waals surface area (Å²) in [6.07, 6.45) is 8.89. The number of aliphatic hydroxyl groups excluding tert-OH is 1. The maximum absolute atomic E-state index is 10.4. The lowest BCUT2D eigenvalue weighted by atomic mass is 9.94. The van der Waals surface area contributed by atoms with E-state index in [0.29, 0.717) is 12.2 Å². The zero-order chi connectivity index (χ0) is 13.0. The van der Waals surface area contributed by atoms with E-state index in [1.807, 2.05) is 11.6 Å². The molecule has 18 heavy (non-hydrogen) atoms. The molecule has 1 unspecified atom stereocenters. The smallest absolute Gasteiger partial charge is 0.162 e. The zero-order valence-electron chi connectivity index (χ0n) is 11.2. The summed E-state index contributed by atoms with van der Waals surface area (Å²) in [4.78, 5) is 0. The highest BCUT2D eigenvalue weighted by atomic mass is 16.5. The van der Waals surface area contributed by atoms with Gasteiger partial charge in [0.1, 0.15) is 11.8 Å². The van der Waals surface area contributed by atoms with Crippen molar-refractivity contribution in [2.75, 3.05) is 7.11 Å². The molecule has 0 fully saturated rings. The van der Waals surface area contributed by atoms with Crippen LogP contribution in [0.3, 0.4) is 0 Å². The zero-order valence-corrected chi connectivity index (χ0v) is 11.2. The van der Waals surface area contributed by atoms with Gasteiger partial charge in [-0.1, -0.05) is 11.6 Å². The fourth-order valence-corrected chi connectivity index (χ4v) is 2.56. The molecule has 1 aliphatic rings. The van der Waals surface area contributed by atoms with Crippen LogP contribution >= 0.6 is 0 Å². The monoisotopic (exact) mass is 250 g/mol. The summed E-state index contributed by atoms with van der Waals surface area (Å²) in [7, 11) is 1.62. The van der Waals surface area contributed by atoms with Crippen LogP contribution in [0.2, 0.25) is 0 Å². The maximum atomic E-state index is 10.4. The molecule has 1 aromatic rings. The Balaban J connectivity index is 2.14. The number of nitrogens with zero attached hydrogens (tertiary/aromatic N) is 2. The molecule has 0 aromatic carbocycles. The summed E-state index contributed by atoms with van der Waals surface area (Å²) in [5.41, 5.74) is 2.16. The van der Waals surface area contributed by atoms with E-state index in [1.54, 1.807) is 13.3 Å². The molecular weight excluding hydrogens is 228 g/mol. The number of hydrogen-bond donors (Lipinski definition) is 1. The highest BCUT2D eigenvalue weighted by Crippen LogP contribution is 2.32. The maximum Gasteiger partial charge on any atom is 0.162 e. The second-order valence-electron chi connectivity index (χ2n) is 4.74. The van der Waals surface area contributed by atoms with Gasteiger partial charge >= 0.3 is 0 Å². The Bertz CT molecular complexity index is 402. The molecule has 0 bridgehead atoms. The van der Waals surface area contributed by atoms with Gasteiger partial charge in [0, 0.05) is 13.0 Å². The van der Waals surface area contributed by atoms with Crippen LogP contribution in [-0.2, 0) is 6.54 Å². The molecule has 0 amide bonds. The van der Waals surface area contributed by atoms with Crippen molar-refractivity contribution in [2.45, 2.75) is 51.7 Å². The van der Waals surface area contributed by atoms with Gasteiger partial charge in [-0.05, 0) is 32.6 Å². The molecule has 1 aromatic heterocycles. The lowest BCUT2D eigenvalue weighted by Crippen LogP contribution is -2.10. The third-order valence-electron chi connectivity index (χ3n) is 3.52. The van der Waals surface area contributed by atoms with Gasteiger partial charge in [-0.2, -0.15) is 5.10 Å². The third kappa shape index (κ3) is 2.75. The molecule has 1 atom stereocenters. The van der Waals surface area contributed by atoms with Crippen molar-refractivity contribution in [1.29, 1.82) is 0 Å². The topological polar surface area (TPSA) is 47.3 Å². The normalized spacial score (nSPS) is 17.4. The number of methoxy groups -OCH3 is 1. The summed E-state index contributed by atoms with van der Waals surface area (Å²) >= 11 is 0. The third-order valence-corrected chi connectivity index (χ3v) is 3.52. The highest BCUT2D eigenvalue weighted by Gasteiger charge is 2.20. The van der Waals surface area contributed by atoms with Gasteiger partial charge in [-0.15, -0.1) is 0 Å². The first-order chi connectivity index (χ1) is 8.76. The van der Waals surface area contributed by atoms with Crippen LogP contribution in [0.25, 0.3) is 0 Å². The molecule has 4 heteroatoms. The van der Waals surface area contributed by atoms with Crippen LogP contribution < -0.4 is 4.74 Å². The van der Waals surface area contributed by atoms with Crippen LogP contribution in [-0.4, -0.2) is 22.0 Å². The lowest BCUT2D eigenvalue weighted by molar-refractivity contribution is 0.161. The average molecular weight is 250 g/mol. The van der Waals surface area contributed by atoms with Crippen LogP contribution in [0.5, 0.6) is 5.75 Å². The van der Waals surface area contributed by atoms with Crippen molar-refractivity contribution in [3.05, 3.63) is 23.5 Å². The summed E-state index contributed by atoms with van der Waals surface area (Å²) in [6.45, 7) is 2.76. The van der Waals surface area contributed by atoms with E-state index in [9.17, 15) is 5.11 Å². The Morgan fingerprint density at radius 1 is 1.50 bits per heavy atom. The minimum Gasteiger partial charge on any atom is -0.493 e. The molecule has 100 valence electrons. The highest BCUT2D eigenvalue weighted by molar-refractivity contribution is 5.28. The predicted molar refractivity (Wildman–Crippen MR) is 70.6 cm³/mol. The fraction of sp³-hybridized carbons (Fsp3) is 0.643. The van der Waals surface area contributed by atoms with E-state index in [0.717, 1.165) is 25.1 Å². The Labute approximate surface area is 108 Å². The minimum absolute atomic E-state index is 0.522. The summed E-state index contributed by atoms with van der Waals surface area (Å²) in [5, 5.41) is 14.6.